The van der Waals surface area contributed by atoms with Gasteiger partial charge >= 0.3 is 0 Å². The Labute approximate surface area is 205 Å². The lowest BCUT2D eigenvalue weighted by Gasteiger charge is -2.42. The van der Waals surface area contributed by atoms with E-state index in [1.54, 1.807) is 32.4 Å². The normalized spacial score (nSPS) is 19.1. The van der Waals surface area contributed by atoms with E-state index >= 15 is 0 Å². The minimum absolute atomic E-state index is 0.0342. The minimum Gasteiger partial charge on any atom is -0.379 e. The number of rotatable bonds is 7. The fraction of sp³-hybridized carbons (Fsp3) is 0.292. The minimum atomic E-state index is -0.625. The Kier molecular flexibility index (Phi) is 6.10. The van der Waals surface area contributed by atoms with Gasteiger partial charge in [0.1, 0.15) is 22.9 Å². The van der Waals surface area contributed by atoms with Crippen LogP contribution in [0, 0.1) is 11.7 Å². The molecule has 3 N–H and O–H groups in total. The first-order valence-corrected chi connectivity index (χ1v) is 11.4. The van der Waals surface area contributed by atoms with E-state index in [4.69, 9.17) is 4.74 Å². The van der Waals surface area contributed by atoms with Crippen LogP contribution in [-0.2, 0) is 4.74 Å². The van der Waals surface area contributed by atoms with Crippen LogP contribution in [0.3, 0.4) is 0 Å². The summed E-state index contributed by atoms with van der Waals surface area (Å²) in [4.78, 5) is 34.7. The Bertz CT molecular complexity index is 1500. The van der Waals surface area contributed by atoms with Crippen molar-refractivity contribution in [2.75, 3.05) is 24.8 Å². The molecule has 11 nitrogen and oxygen atoms in total. The summed E-state index contributed by atoms with van der Waals surface area (Å²) in [5.74, 6) is 0.0795. The zero-order valence-corrected chi connectivity index (χ0v) is 19.9. The predicted molar refractivity (Wildman–Crippen MR) is 131 cm³/mol. The number of ether oxygens (including phenoxy) is 1. The molecular weight excluding hydrogens is 467 g/mol. The fourth-order valence-corrected chi connectivity index (χ4v) is 4.35. The van der Waals surface area contributed by atoms with Crippen LogP contribution in [0.15, 0.2) is 53.7 Å². The van der Waals surface area contributed by atoms with Crippen LogP contribution in [-0.4, -0.2) is 56.4 Å². The number of nitrogens with one attached hydrogen (secondary N) is 3. The summed E-state index contributed by atoms with van der Waals surface area (Å²) in [6.45, 7) is 2.05. The average Bonchev–Trinajstić information content (AvgIpc) is 3.31. The number of hydrogen-bond donors (Lipinski definition) is 3. The van der Waals surface area contributed by atoms with Gasteiger partial charge in [-0.1, -0.05) is 6.92 Å². The van der Waals surface area contributed by atoms with Crippen molar-refractivity contribution in [1.82, 2.24) is 29.5 Å². The van der Waals surface area contributed by atoms with Gasteiger partial charge in [-0.05, 0) is 36.6 Å². The third-order valence-electron chi connectivity index (χ3n) is 6.37. The number of halogens is 1. The van der Waals surface area contributed by atoms with E-state index < -0.39 is 11.4 Å². The standard InChI is InChI=1S/C24H25FN8O3/c1-13-10-17(36-3)20(13)31-23(34)14-12-28-33-19(26-2)11-18(30-21(14)33)29-16-7-5-9-32(24(16)35)22-15(25)6-4-8-27-22/h4-9,11-13,17,20,26H,10H2,1-3H3,(H,29,30)(H,31,34)/t13?,17-,20-/m1/s1. The van der Waals surface area contributed by atoms with Crippen molar-refractivity contribution >= 4 is 28.9 Å². The molecule has 1 unspecified atom stereocenters. The number of anilines is 3. The van der Waals surface area contributed by atoms with Gasteiger partial charge in [0.2, 0.25) is 0 Å². The van der Waals surface area contributed by atoms with Gasteiger partial charge < -0.3 is 20.7 Å². The summed E-state index contributed by atoms with van der Waals surface area (Å²) in [5.41, 5.74) is 0.219. The maximum absolute atomic E-state index is 14.2. The molecule has 12 heteroatoms. The third kappa shape index (κ3) is 4.05. The second-order valence-corrected chi connectivity index (χ2v) is 8.59. The van der Waals surface area contributed by atoms with Gasteiger partial charge in [0.05, 0.1) is 18.3 Å². The van der Waals surface area contributed by atoms with E-state index in [1.807, 2.05) is 0 Å². The molecule has 4 heterocycles. The Morgan fingerprint density at radius 3 is 2.83 bits per heavy atom. The van der Waals surface area contributed by atoms with Gasteiger partial charge in [0.15, 0.2) is 17.3 Å². The first-order chi connectivity index (χ1) is 17.4. The summed E-state index contributed by atoms with van der Waals surface area (Å²) in [7, 11) is 3.34. The van der Waals surface area contributed by atoms with E-state index in [2.05, 4.69) is 37.9 Å². The molecule has 1 saturated carbocycles. The fourth-order valence-electron chi connectivity index (χ4n) is 4.35. The summed E-state index contributed by atoms with van der Waals surface area (Å²) in [5, 5.41) is 13.3. The molecule has 5 rings (SSSR count). The summed E-state index contributed by atoms with van der Waals surface area (Å²) >= 11 is 0. The molecule has 1 amide bonds. The topological polar surface area (TPSA) is 127 Å². The third-order valence-corrected chi connectivity index (χ3v) is 6.37. The number of carbonyl (C=O) groups is 1. The Balaban J connectivity index is 1.49. The van der Waals surface area contributed by atoms with Crippen molar-refractivity contribution < 1.29 is 13.9 Å². The maximum atomic E-state index is 14.2. The molecule has 1 fully saturated rings. The molecule has 0 spiro atoms. The largest absolute Gasteiger partial charge is 0.379 e. The average molecular weight is 493 g/mol. The lowest BCUT2D eigenvalue weighted by Crippen LogP contribution is -2.56. The molecule has 4 aromatic rings. The molecule has 0 saturated heterocycles. The number of amides is 1. The van der Waals surface area contributed by atoms with Gasteiger partial charge in [-0.3, -0.25) is 14.2 Å². The summed E-state index contributed by atoms with van der Waals surface area (Å²) < 4.78 is 22.3. The molecule has 3 atom stereocenters. The molecule has 4 aromatic heterocycles. The smallest absolute Gasteiger partial charge is 0.280 e. The molecule has 0 aliphatic heterocycles. The number of pyridine rings is 2. The predicted octanol–water partition coefficient (Wildman–Crippen LogP) is 2.35. The van der Waals surface area contributed by atoms with Crippen LogP contribution >= 0.6 is 0 Å². The Hall–Kier alpha value is -4.32. The molecule has 36 heavy (non-hydrogen) atoms. The second-order valence-electron chi connectivity index (χ2n) is 8.59. The van der Waals surface area contributed by atoms with E-state index in [-0.39, 0.29) is 35.1 Å². The van der Waals surface area contributed by atoms with Crippen molar-refractivity contribution in [3.63, 3.8) is 0 Å². The van der Waals surface area contributed by atoms with Crippen LogP contribution in [0.25, 0.3) is 11.5 Å². The van der Waals surface area contributed by atoms with Crippen LogP contribution < -0.4 is 21.5 Å². The maximum Gasteiger partial charge on any atom is 0.280 e. The monoisotopic (exact) mass is 492 g/mol. The van der Waals surface area contributed by atoms with Crippen LogP contribution in [0.2, 0.25) is 0 Å². The lowest BCUT2D eigenvalue weighted by molar-refractivity contribution is -0.0277. The molecular formula is C24H25FN8O3. The van der Waals surface area contributed by atoms with Crippen LogP contribution in [0.1, 0.15) is 23.7 Å². The number of methoxy groups -OCH3 is 1. The summed E-state index contributed by atoms with van der Waals surface area (Å²) in [6, 6.07) is 7.38. The van der Waals surface area contributed by atoms with Gasteiger partial charge in [-0.25, -0.2) is 14.4 Å². The molecule has 0 bridgehead atoms. The van der Waals surface area contributed by atoms with Crippen molar-refractivity contribution in [3.05, 3.63) is 70.7 Å². The second kappa shape index (κ2) is 9.38. The molecule has 0 aromatic carbocycles. The van der Waals surface area contributed by atoms with E-state index in [0.29, 0.717) is 23.2 Å². The number of hydrogen-bond acceptors (Lipinski definition) is 8. The molecule has 1 aliphatic rings. The first kappa shape index (κ1) is 23.4. The molecule has 0 radical (unpaired) electrons. The first-order valence-electron chi connectivity index (χ1n) is 11.4. The van der Waals surface area contributed by atoms with Crippen molar-refractivity contribution in [1.29, 1.82) is 0 Å². The highest BCUT2D eigenvalue weighted by atomic mass is 19.1. The van der Waals surface area contributed by atoms with E-state index in [1.165, 1.54) is 35.2 Å². The van der Waals surface area contributed by atoms with Crippen molar-refractivity contribution in [2.24, 2.45) is 5.92 Å². The van der Waals surface area contributed by atoms with Crippen molar-refractivity contribution in [2.45, 2.75) is 25.5 Å². The Morgan fingerprint density at radius 1 is 1.28 bits per heavy atom. The van der Waals surface area contributed by atoms with E-state index in [9.17, 15) is 14.0 Å². The zero-order valence-electron chi connectivity index (χ0n) is 19.9. The Morgan fingerprint density at radius 2 is 2.11 bits per heavy atom. The number of fused-ring (bicyclic) bond motifs is 1. The van der Waals surface area contributed by atoms with E-state index in [0.717, 1.165) is 11.0 Å². The number of nitrogens with zero attached hydrogens (tertiary/aromatic N) is 5. The lowest BCUT2D eigenvalue weighted by atomic mass is 9.78. The summed E-state index contributed by atoms with van der Waals surface area (Å²) in [6.07, 6.45) is 5.14. The number of carbonyl (C=O) groups excluding carboxylic acids is 1. The van der Waals surface area contributed by atoms with Gasteiger partial charge in [-0.2, -0.15) is 9.61 Å². The van der Waals surface area contributed by atoms with Crippen LogP contribution in [0.5, 0.6) is 0 Å². The highest BCUT2D eigenvalue weighted by Crippen LogP contribution is 2.30. The van der Waals surface area contributed by atoms with Gasteiger partial charge in [0.25, 0.3) is 11.5 Å². The molecule has 1 aliphatic carbocycles. The molecule has 186 valence electrons. The van der Waals surface area contributed by atoms with Crippen LogP contribution in [0.4, 0.5) is 21.7 Å². The van der Waals surface area contributed by atoms with Crippen molar-refractivity contribution in [3.8, 4) is 5.82 Å². The SMILES string of the molecule is CNc1cc(Nc2cccn(-c3ncccc3F)c2=O)nc2c(C(=O)N[C@@H]3C(C)C[C@H]3OC)cnn12. The van der Waals surface area contributed by atoms with Gasteiger partial charge in [-0.15, -0.1) is 0 Å². The zero-order chi connectivity index (χ0) is 25.4. The quantitative estimate of drug-likeness (QED) is 0.359. The highest BCUT2D eigenvalue weighted by molar-refractivity contribution is 6.00. The van der Waals surface area contributed by atoms with Gasteiger partial charge in [0, 0.05) is 32.6 Å². The highest BCUT2D eigenvalue weighted by Gasteiger charge is 2.39. The number of aromatic nitrogens is 5.